The van der Waals surface area contributed by atoms with Gasteiger partial charge in [0, 0.05) is 6.61 Å². The molecule has 6 nitrogen and oxygen atoms in total. The van der Waals surface area contributed by atoms with E-state index in [-0.39, 0.29) is 19.8 Å². The lowest BCUT2D eigenvalue weighted by Gasteiger charge is -2.08. The molecule has 0 rings (SSSR count). The van der Waals surface area contributed by atoms with E-state index in [4.69, 9.17) is 24.1 Å². The molecule has 0 aromatic carbocycles. The summed E-state index contributed by atoms with van der Waals surface area (Å²) in [5.41, 5.74) is 0.305. The fourth-order valence-corrected chi connectivity index (χ4v) is 1.08. The van der Waals surface area contributed by atoms with Crippen LogP contribution in [0.25, 0.3) is 0 Å². The molecule has 0 aromatic rings. The highest BCUT2D eigenvalue weighted by atomic mass is 16.6. The van der Waals surface area contributed by atoms with E-state index < -0.39 is 5.97 Å². The molecular weight excluding hydrogens is 252 g/mol. The summed E-state index contributed by atoms with van der Waals surface area (Å²) in [6, 6.07) is 0. The Hall–Kier alpha value is -0.950. The van der Waals surface area contributed by atoms with Gasteiger partial charge in [-0.25, -0.2) is 4.79 Å². The Bertz CT molecular complexity index is 241. The minimum absolute atomic E-state index is 0.000172. The van der Waals surface area contributed by atoms with Gasteiger partial charge >= 0.3 is 5.97 Å². The molecule has 0 fully saturated rings. The topological polar surface area (TPSA) is 74.2 Å². The van der Waals surface area contributed by atoms with E-state index >= 15 is 0 Å². The Morgan fingerprint density at radius 2 is 1.63 bits per heavy atom. The molecule has 0 aliphatic heterocycles. The summed E-state index contributed by atoms with van der Waals surface area (Å²) in [5, 5.41) is 8.46. The van der Waals surface area contributed by atoms with E-state index in [0.29, 0.717) is 38.6 Å². The van der Waals surface area contributed by atoms with E-state index in [1.807, 2.05) is 6.92 Å². The number of ether oxygens (including phenoxy) is 4. The molecule has 0 aliphatic carbocycles. The second kappa shape index (κ2) is 13.5. The maximum absolute atomic E-state index is 11.4. The molecule has 0 aromatic heterocycles. The summed E-state index contributed by atoms with van der Waals surface area (Å²) < 4.78 is 20.3. The van der Waals surface area contributed by atoms with E-state index in [1.165, 1.54) is 0 Å². The summed E-state index contributed by atoms with van der Waals surface area (Å²) in [4.78, 5) is 11.4. The molecule has 0 aliphatic rings. The van der Waals surface area contributed by atoms with Crippen LogP contribution in [0.1, 0.15) is 13.3 Å². The SMILES string of the molecule is C=C(COCCC)C(=O)OCCOCCOCCO. The number of hydrogen-bond donors (Lipinski definition) is 1. The quantitative estimate of drug-likeness (QED) is 0.301. The average molecular weight is 276 g/mol. The second-order valence-corrected chi connectivity index (χ2v) is 3.74. The normalized spacial score (nSPS) is 10.4. The van der Waals surface area contributed by atoms with Gasteiger partial charge in [-0.2, -0.15) is 0 Å². The Labute approximate surface area is 114 Å². The molecule has 0 spiro atoms. The summed E-state index contributed by atoms with van der Waals surface area (Å²) >= 11 is 0. The van der Waals surface area contributed by atoms with Crippen molar-refractivity contribution in [2.24, 2.45) is 0 Å². The van der Waals surface area contributed by atoms with Crippen LogP contribution in [0, 0.1) is 0 Å². The van der Waals surface area contributed by atoms with Crippen molar-refractivity contribution in [1.82, 2.24) is 0 Å². The summed E-state index contributed by atoms with van der Waals surface area (Å²) in [5.74, 6) is -0.462. The molecule has 0 bridgehead atoms. The number of hydrogen-bond acceptors (Lipinski definition) is 6. The summed E-state index contributed by atoms with van der Waals surface area (Å²) in [7, 11) is 0. The number of rotatable bonds is 13. The molecule has 0 amide bonds. The number of carbonyl (C=O) groups excluding carboxylic acids is 1. The van der Waals surface area contributed by atoms with Gasteiger partial charge in [0.15, 0.2) is 0 Å². The van der Waals surface area contributed by atoms with Gasteiger partial charge in [-0.05, 0) is 6.42 Å². The fraction of sp³-hybridized carbons (Fsp3) is 0.769. The fourth-order valence-electron chi connectivity index (χ4n) is 1.08. The third-order valence-electron chi connectivity index (χ3n) is 1.98. The smallest absolute Gasteiger partial charge is 0.335 e. The lowest BCUT2D eigenvalue weighted by Crippen LogP contribution is -2.16. The number of carbonyl (C=O) groups is 1. The predicted octanol–water partition coefficient (Wildman–Crippen LogP) is 0.538. The van der Waals surface area contributed by atoms with Gasteiger partial charge in [0.1, 0.15) is 6.61 Å². The van der Waals surface area contributed by atoms with Crippen molar-refractivity contribution in [1.29, 1.82) is 0 Å². The number of esters is 1. The molecule has 0 saturated heterocycles. The van der Waals surface area contributed by atoms with Crippen LogP contribution in [0.5, 0.6) is 0 Å². The van der Waals surface area contributed by atoms with Crippen LogP contribution in [0.2, 0.25) is 0 Å². The summed E-state index contributed by atoms with van der Waals surface area (Å²) in [6.07, 6.45) is 0.897. The van der Waals surface area contributed by atoms with Crippen LogP contribution in [0.4, 0.5) is 0 Å². The molecule has 0 heterocycles. The van der Waals surface area contributed by atoms with Gasteiger partial charge in [0.2, 0.25) is 0 Å². The van der Waals surface area contributed by atoms with Gasteiger partial charge in [-0.1, -0.05) is 13.5 Å². The molecule has 19 heavy (non-hydrogen) atoms. The lowest BCUT2D eigenvalue weighted by atomic mass is 10.3. The van der Waals surface area contributed by atoms with Crippen molar-refractivity contribution < 1.29 is 28.8 Å². The first-order valence-corrected chi connectivity index (χ1v) is 6.41. The summed E-state index contributed by atoms with van der Waals surface area (Å²) in [6.45, 7) is 7.96. The Morgan fingerprint density at radius 1 is 1.00 bits per heavy atom. The van der Waals surface area contributed by atoms with Crippen LogP contribution in [0.3, 0.4) is 0 Å². The first-order valence-electron chi connectivity index (χ1n) is 6.41. The predicted molar refractivity (Wildman–Crippen MR) is 69.9 cm³/mol. The first-order chi connectivity index (χ1) is 9.22. The minimum atomic E-state index is -0.462. The molecule has 0 saturated carbocycles. The van der Waals surface area contributed by atoms with E-state index in [9.17, 15) is 4.79 Å². The molecule has 0 unspecified atom stereocenters. The van der Waals surface area contributed by atoms with Crippen LogP contribution in [-0.2, 0) is 23.7 Å². The third-order valence-corrected chi connectivity index (χ3v) is 1.98. The van der Waals surface area contributed by atoms with Crippen LogP contribution >= 0.6 is 0 Å². The molecule has 0 radical (unpaired) electrons. The van der Waals surface area contributed by atoms with Gasteiger partial charge < -0.3 is 24.1 Å². The van der Waals surface area contributed by atoms with E-state index in [1.54, 1.807) is 0 Å². The van der Waals surface area contributed by atoms with Crippen molar-refractivity contribution in [3.63, 3.8) is 0 Å². The zero-order chi connectivity index (χ0) is 14.3. The van der Waals surface area contributed by atoms with Gasteiger partial charge in [0.25, 0.3) is 0 Å². The highest BCUT2D eigenvalue weighted by Gasteiger charge is 2.08. The second-order valence-electron chi connectivity index (χ2n) is 3.74. The first kappa shape index (κ1) is 18.0. The number of aliphatic hydroxyl groups is 1. The molecular formula is C13H24O6. The van der Waals surface area contributed by atoms with Gasteiger partial charge in [-0.15, -0.1) is 0 Å². The monoisotopic (exact) mass is 276 g/mol. The van der Waals surface area contributed by atoms with Crippen molar-refractivity contribution >= 4 is 5.97 Å². The Kier molecular flexibility index (Phi) is 12.8. The van der Waals surface area contributed by atoms with Crippen LogP contribution in [0.15, 0.2) is 12.2 Å². The van der Waals surface area contributed by atoms with Gasteiger partial charge in [-0.3, -0.25) is 0 Å². The highest BCUT2D eigenvalue weighted by molar-refractivity contribution is 5.87. The highest BCUT2D eigenvalue weighted by Crippen LogP contribution is 1.96. The maximum Gasteiger partial charge on any atom is 0.335 e. The third kappa shape index (κ3) is 11.9. The molecule has 6 heteroatoms. The zero-order valence-corrected chi connectivity index (χ0v) is 11.6. The van der Waals surface area contributed by atoms with Gasteiger partial charge in [0.05, 0.1) is 45.2 Å². The zero-order valence-electron chi connectivity index (χ0n) is 11.6. The average Bonchev–Trinajstić information content (AvgIpc) is 2.41. The lowest BCUT2D eigenvalue weighted by molar-refractivity contribution is -0.141. The van der Waals surface area contributed by atoms with Crippen LogP contribution in [-0.4, -0.2) is 63.9 Å². The van der Waals surface area contributed by atoms with E-state index in [0.717, 1.165) is 6.42 Å². The Balaban J connectivity index is 3.35. The molecule has 112 valence electrons. The molecule has 1 N–H and O–H groups in total. The minimum Gasteiger partial charge on any atom is -0.460 e. The van der Waals surface area contributed by atoms with Crippen molar-refractivity contribution in [3.8, 4) is 0 Å². The van der Waals surface area contributed by atoms with Crippen molar-refractivity contribution in [2.45, 2.75) is 13.3 Å². The standard InChI is InChI=1S/C13H24O6/c1-3-5-18-11-12(2)13(15)19-10-9-17-8-7-16-6-4-14/h14H,2-11H2,1H3. The van der Waals surface area contributed by atoms with E-state index in [2.05, 4.69) is 6.58 Å². The van der Waals surface area contributed by atoms with Crippen molar-refractivity contribution in [2.75, 3.05) is 52.9 Å². The van der Waals surface area contributed by atoms with Crippen molar-refractivity contribution in [3.05, 3.63) is 12.2 Å². The van der Waals surface area contributed by atoms with Crippen LogP contribution < -0.4 is 0 Å². The maximum atomic E-state index is 11.4. The largest absolute Gasteiger partial charge is 0.460 e. The Morgan fingerprint density at radius 3 is 2.26 bits per heavy atom. The number of aliphatic hydroxyl groups excluding tert-OH is 1. The molecule has 0 atom stereocenters.